The number of hydrogen-bond acceptors (Lipinski definition) is 5. The van der Waals surface area contributed by atoms with Crippen molar-refractivity contribution in [1.82, 2.24) is 0 Å². The summed E-state index contributed by atoms with van der Waals surface area (Å²) >= 11 is 0. The summed E-state index contributed by atoms with van der Waals surface area (Å²) < 4.78 is 11.0. The van der Waals surface area contributed by atoms with E-state index in [9.17, 15) is 15.3 Å². The molecule has 0 spiro atoms. The van der Waals surface area contributed by atoms with E-state index in [0.29, 0.717) is 6.61 Å². The van der Waals surface area contributed by atoms with Gasteiger partial charge >= 0.3 is 0 Å². The van der Waals surface area contributed by atoms with E-state index >= 15 is 0 Å². The number of aliphatic hydroxyl groups is 3. The van der Waals surface area contributed by atoms with Gasteiger partial charge in [0.25, 0.3) is 0 Å². The first-order valence-corrected chi connectivity index (χ1v) is 12.6. The van der Waals surface area contributed by atoms with E-state index in [1.807, 2.05) is 0 Å². The zero-order valence-corrected chi connectivity index (χ0v) is 19.4. The van der Waals surface area contributed by atoms with Gasteiger partial charge in [0, 0.05) is 6.61 Å². The van der Waals surface area contributed by atoms with Gasteiger partial charge in [-0.25, -0.2) is 0 Å². The van der Waals surface area contributed by atoms with Gasteiger partial charge in [-0.3, -0.25) is 0 Å². The van der Waals surface area contributed by atoms with Crippen molar-refractivity contribution >= 4 is 0 Å². The summed E-state index contributed by atoms with van der Waals surface area (Å²) in [5.41, 5.74) is 0. The molecule has 5 heteroatoms. The van der Waals surface area contributed by atoms with Crippen molar-refractivity contribution < 1.29 is 24.8 Å². The molecule has 0 aromatic carbocycles. The molecule has 1 saturated heterocycles. The second kappa shape index (κ2) is 19.2. The van der Waals surface area contributed by atoms with Crippen molar-refractivity contribution in [3.63, 3.8) is 0 Å². The van der Waals surface area contributed by atoms with E-state index < -0.39 is 24.4 Å². The molecule has 1 rings (SSSR count). The van der Waals surface area contributed by atoms with Crippen LogP contribution in [0.25, 0.3) is 0 Å². The molecule has 4 atom stereocenters. The van der Waals surface area contributed by atoms with Crippen LogP contribution < -0.4 is 0 Å². The summed E-state index contributed by atoms with van der Waals surface area (Å²) in [5.74, 6) is 0. The highest BCUT2D eigenvalue weighted by Gasteiger charge is 2.40. The topological polar surface area (TPSA) is 79.2 Å². The molecule has 0 unspecified atom stereocenters. The molecule has 178 valence electrons. The van der Waals surface area contributed by atoms with Crippen molar-refractivity contribution in [3.8, 4) is 0 Å². The minimum absolute atomic E-state index is 0.0998. The maximum atomic E-state index is 9.84. The van der Waals surface area contributed by atoms with Crippen LogP contribution in [-0.2, 0) is 9.47 Å². The Bertz CT molecular complexity index is 401. The minimum atomic E-state index is -0.977. The first kappa shape index (κ1) is 27.6. The lowest BCUT2D eigenvalue weighted by molar-refractivity contribution is -0.101. The quantitative estimate of drug-likeness (QED) is 0.190. The number of aliphatic hydroxyl groups excluding tert-OH is 3. The van der Waals surface area contributed by atoms with Gasteiger partial charge in [-0.05, 0) is 25.7 Å². The second-order valence-corrected chi connectivity index (χ2v) is 8.71. The Balaban J connectivity index is 1.81. The fourth-order valence-corrected chi connectivity index (χ4v) is 4.03. The molecule has 1 aliphatic heterocycles. The number of ether oxygens (including phenoxy) is 2. The van der Waals surface area contributed by atoms with Crippen LogP contribution in [0.2, 0.25) is 0 Å². The maximum absolute atomic E-state index is 9.84. The highest BCUT2D eigenvalue weighted by molar-refractivity contribution is 4.88. The molecule has 30 heavy (non-hydrogen) atoms. The van der Waals surface area contributed by atoms with Gasteiger partial charge < -0.3 is 24.8 Å². The molecule has 1 aliphatic rings. The molecular weight excluding hydrogens is 380 g/mol. The van der Waals surface area contributed by atoms with Crippen molar-refractivity contribution in [2.24, 2.45) is 0 Å². The third kappa shape index (κ3) is 13.1. The maximum Gasteiger partial charge on any atom is 0.114 e. The summed E-state index contributed by atoms with van der Waals surface area (Å²) in [7, 11) is 0. The molecule has 5 nitrogen and oxygen atoms in total. The third-order valence-corrected chi connectivity index (χ3v) is 5.99. The molecule has 0 aliphatic carbocycles. The van der Waals surface area contributed by atoms with E-state index in [2.05, 4.69) is 19.1 Å². The minimum Gasteiger partial charge on any atom is -0.394 e. The Morgan fingerprint density at radius 1 is 0.833 bits per heavy atom. The lowest BCUT2D eigenvalue weighted by atomic mass is 10.0. The van der Waals surface area contributed by atoms with E-state index in [1.165, 1.54) is 77.0 Å². The molecule has 0 amide bonds. The lowest BCUT2D eigenvalue weighted by Crippen LogP contribution is -2.42. The number of unbranched alkanes of at least 4 members (excludes halogenated alkanes) is 13. The normalized spacial score (nSPS) is 22.9. The van der Waals surface area contributed by atoms with Crippen LogP contribution in [0, 0.1) is 0 Å². The van der Waals surface area contributed by atoms with E-state index in [0.717, 1.165) is 19.3 Å². The molecule has 0 radical (unpaired) electrons. The molecule has 0 aromatic heterocycles. The lowest BCUT2D eigenvalue weighted by Gasteiger charge is -2.24. The fourth-order valence-electron chi connectivity index (χ4n) is 4.03. The Kier molecular flexibility index (Phi) is 17.7. The van der Waals surface area contributed by atoms with Crippen LogP contribution >= 0.6 is 0 Å². The van der Waals surface area contributed by atoms with Crippen molar-refractivity contribution in [2.75, 3.05) is 19.8 Å². The van der Waals surface area contributed by atoms with E-state index in [-0.39, 0.29) is 13.2 Å². The SMILES string of the molecule is CC/C=C/CCCCCCCCCCCCCCCO[C@H](CO)[C@@H]1OC[C@H](O)[C@@H]1O. The van der Waals surface area contributed by atoms with Gasteiger partial charge in [0.2, 0.25) is 0 Å². The Labute approximate surface area is 184 Å². The highest BCUT2D eigenvalue weighted by atomic mass is 16.6. The zero-order chi connectivity index (χ0) is 21.9. The zero-order valence-electron chi connectivity index (χ0n) is 19.4. The average molecular weight is 429 g/mol. The molecule has 1 fully saturated rings. The predicted octanol–water partition coefficient (Wildman–Crippen LogP) is 4.91. The predicted molar refractivity (Wildman–Crippen MR) is 123 cm³/mol. The van der Waals surface area contributed by atoms with Crippen molar-refractivity contribution in [1.29, 1.82) is 0 Å². The van der Waals surface area contributed by atoms with Crippen LogP contribution in [0.3, 0.4) is 0 Å². The van der Waals surface area contributed by atoms with Crippen LogP contribution in [0.15, 0.2) is 12.2 Å². The molecule has 0 aromatic rings. The largest absolute Gasteiger partial charge is 0.394 e. The fraction of sp³-hybridized carbons (Fsp3) is 0.920. The third-order valence-electron chi connectivity index (χ3n) is 5.99. The average Bonchev–Trinajstić information content (AvgIpc) is 3.08. The van der Waals surface area contributed by atoms with Gasteiger partial charge in [-0.2, -0.15) is 0 Å². The molecular formula is C25H48O5. The van der Waals surface area contributed by atoms with Crippen LogP contribution in [0.4, 0.5) is 0 Å². The van der Waals surface area contributed by atoms with Crippen molar-refractivity contribution in [2.45, 2.75) is 128 Å². The number of hydrogen-bond donors (Lipinski definition) is 3. The number of rotatable bonds is 20. The van der Waals surface area contributed by atoms with E-state index in [4.69, 9.17) is 9.47 Å². The first-order chi connectivity index (χ1) is 14.7. The Hall–Kier alpha value is -0.460. The van der Waals surface area contributed by atoms with Gasteiger partial charge in [0.05, 0.1) is 13.2 Å². The molecule has 0 bridgehead atoms. The molecule has 1 heterocycles. The van der Waals surface area contributed by atoms with Gasteiger partial charge in [-0.1, -0.05) is 89.7 Å². The first-order valence-electron chi connectivity index (χ1n) is 12.6. The molecule has 0 saturated carbocycles. The van der Waals surface area contributed by atoms with Gasteiger partial charge in [0.1, 0.15) is 24.4 Å². The monoisotopic (exact) mass is 428 g/mol. The summed E-state index contributed by atoms with van der Waals surface area (Å²) in [6.45, 7) is 2.64. The Morgan fingerprint density at radius 3 is 1.83 bits per heavy atom. The smallest absolute Gasteiger partial charge is 0.114 e. The van der Waals surface area contributed by atoms with Crippen molar-refractivity contribution in [3.05, 3.63) is 12.2 Å². The summed E-state index contributed by atoms with van der Waals surface area (Å²) in [6, 6.07) is 0. The number of allylic oxidation sites excluding steroid dienone is 2. The van der Waals surface area contributed by atoms with Crippen LogP contribution in [-0.4, -0.2) is 59.6 Å². The van der Waals surface area contributed by atoms with Gasteiger partial charge in [0.15, 0.2) is 0 Å². The van der Waals surface area contributed by atoms with Crippen LogP contribution in [0.1, 0.15) is 103 Å². The summed E-state index contributed by atoms with van der Waals surface area (Å²) in [4.78, 5) is 0. The Morgan fingerprint density at radius 2 is 1.37 bits per heavy atom. The standard InChI is InChI=1S/C25H48O5/c1-2-3-4-5-6-7-8-9-10-11-12-13-14-15-16-17-18-19-29-23(20-26)25-24(28)22(27)21-30-25/h3-4,22-28H,2,5-21H2,1H3/b4-3+/t22-,23+,24-,25-/m0/s1. The van der Waals surface area contributed by atoms with Crippen LogP contribution in [0.5, 0.6) is 0 Å². The molecule has 3 N–H and O–H groups in total. The van der Waals surface area contributed by atoms with Gasteiger partial charge in [-0.15, -0.1) is 0 Å². The summed E-state index contributed by atoms with van der Waals surface area (Å²) in [5, 5.41) is 28.8. The summed E-state index contributed by atoms with van der Waals surface area (Å²) in [6.07, 6.45) is 20.9. The second-order valence-electron chi connectivity index (χ2n) is 8.71. The van der Waals surface area contributed by atoms with E-state index in [1.54, 1.807) is 0 Å². The highest BCUT2D eigenvalue weighted by Crippen LogP contribution is 2.20.